The molecule has 236 valence electrons. The lowest BCUT2D eigenvalue weighted by Gasteiger charge is -2.30. The summed E-state index contributed by atoms with van der Waals surface area (Å²) in [5.74, 6) is -1.35. The quantitative estimate of drug-likeness (QED) is 0.217. The summed E-state index contributed by atoms with van der Waals surface area (Å²) in [6.07, 6.45) is -3.33. The van der Waals surface area contributed by atoms with Crippen LogP contribution in [0.25, 0.3) is 33.1 Å². The SMILES string of the molecule is Cc1cc2[nH]ncc2c(-c2nc(OC(C)C)c3c(NCCO)nc(OC[C@@]45CCCN4C[C@H](F)C5)nc3c2F)c1C(F)(F)F. The molecular formula is C29H32F5N7O3. The number of hydrogen-bond acceptors (Lipinski definition) is 9. The highest BCUT2D eigenvalue weighted by Gasteiger charge is 2.49. The van der Waals surface area contributed by atoms with Gasteiger partial charge in [-0.1, -0.05) is 0 Å². The van der Waals surface area contributed by atoms with Gasteiger partial charge in [-0.05, 0) is 51.8 Å². The van der Waals surface area contributed by atoms with Gasteiger partial charge in [0, 0.05) is 30.5 Å². The predicted octanol–water partition coefficient (Wildman–Crippen LogP) is 5.18. The summed E-state index contributed by atoms with van der Waals surface area (Å²) in [6.45, 7) is 5.41. The molecule has 3 N–H and O–H groups in total. The highest BCUT2D eigenvalue weighted by Crippen LogP contribution is 2.46. The molecule has 0 saturated carbocycles. The van der Waals surface area contributed by atoms with Crippen LogP contribution >= 0.6 is 0 Å². The van der Waals surface area contributed by atoms with E-state index in [1.54, 1.807) is 13.8 Å². The van der Waals surface area contributed by atoms with Crippen LogP contribution in [0.3, 0.4) is 0 Å². The second kappa shape index (κ2) is 11.3. The first-order valence-corrected chi connectivity index (χ1v) is 14.4. The van der Waals surface area contributed by atoms with Crippen LogP contribution in [-0.2, 0) is 6.18 Å². The lowest BCUT2D eigenvalue weighted by atomic mass is 9.94. The van der Waals surface area contributed by atoms with Crippen molar-refractivity contribution in [2.75, 3.05) is 38.2 Å². The maximum Gasteiger partial charge on any atom is 0.417 e. The first kappa shape index (κ1) is 30.2. The van der Waals surface area contributed by atoms with Crippen LogP contribution in [0.1, 0.15) is 44.2 Å². The number of alkyl halides is 4. The number of pyridine rings is 1. The summed E-state index contributed by atoms with van der Waals surface area (Å²) < 4.78 is 86.5. The number of anilines is 1. The molecule has 0 radical (unpaired) electrons. The lowest BCUT2D eigenvalue weighted by molar-refractivity contribution is -0.137. The largest absolute Gasteiger partial charge is 0.474 e. The molecule has 5 heterocycles. The van der Waals surface area contributed by atoms with E-state index in [1.807, 2.05) is 4.90 Å². The normalized spacial score (nSPS) is 20.6. The number of aliphatic hydroxyl groups is 1. The van der Waals surface area contributed by atoms with Crippen molar-refractivity contribution in [1.29, 1.82) is 0 Å². The molecule has 6 rings (SSSR count). The van der Waals surface area contributed by atoms with E-state index in [2.05, 4.69) is 30.5 Å². The molecule has 15 heteroatoms. The van der Waals surface area contributed by atoms with E-state index in [0.29, 0.717) is 13.0 Å². The molecule has 1 aromatic carbocycles. The number of fused-ring (bicyclic) bond motifs is 3. The van der Waals surface area contributed by atoms with Gasteiger partial charge in [-0.2, -0.15) is 28.2 Å². The van der Waals surface area contributed by atoms with E-state index in [4.69, 9.17) is 9.47 Å². The molecular weight excluding hydrogens is 589 g/mol. The number of aryl methyl sites for hydroxylation is 1. The van der Waals surface area contributed by atoms with Crippen molar-refractivity contribution in [3.8, 4) is 23.1 Å². The number of benzene rings is 1. The average molecular weight is 622 g/mol. The second-order valence-electron chi connectivity index (χ2n) is 11.6. The van der Waals surface area contributed by atoms with Gasteiger partial charge < -0.3 is 19.9 Å². The minimum absolute atomic E-state index is 0.00301. The number of halogens is 5. The van der Waals surface area contributed by atoms with Crippen molar-refractivity contribution in [1.82, 2.24) is 30.0 Å². The topological polar surface area (TPSA) is 121 Å². The van der Waals surface area contributed by atoms with Crippen molar-refractivity contribution in [2.45, 2.75) is 64.0 Å². The molecule has 0 unspecified atom stereocenters. The standard InChI is InChI=1S/C29H32F5N7O3/c1-14(2)44-26-20-24(22(31)23(37-26)19-17-11-36-40-18(17)9-15(3)21(19)29(32,33)34)38-27(39-25(20)35-6-8-42)43-13-28-5-4-7-41(28)12-16(30)10-28/h9,11,14,16,42H,4-8,10,12-13H2,1-3H3,(H,36,40)(H,35,38,39)/t16-,28+/m1/s1. The van der Waals surface area contributed by atoms with Crippen LogP contribution in [-0.4, -0.2) is 85.8 Å². The Hall–Kier alpha value is -3.85. The maximum atomic E-state index is 16.7. The van der Waals surface area contributed by atoms with Crippen molar-refractivity contribution >= 4 is 27.6 Å². The van der Waals surface area contributed by atoms with Crippen LogP contribution in [0.5, 0.6) is 11.9 Å². The zero-order valence-corrected chi connectivity index (χ0v) is 24.4. The van der Waals surface area contributed by atoms with Gasteiger partial charge in [0.05, 0.1) is 35.5 Å². The number of nitrogens with one attached hydrogen (secondary N) is 2. The Balaban J connectivity index is 1.58. The van der Waals surface area contributed by atoms with Gasteiger partial charge in [0.15, 0.2) is 5.82 Å². The molecule has 44 heavy (non-hydrogen) atoms. The van der Waals surface area contributed by atoms with Gasteiger partial charge >= 0.3 is 12.2 Å². The molecule has 0 bridgehead atoms. The fourth-order valence-corrected chi connectivity index (χ4v) is 6.45. The molecule has 0 amide bonds. The van der Waals surface area contributed by atoms with Crippen LogP contribution in [0, 0.1) is 12.7 Å². The fourth-order valence-electron chi connectivity index (χ4n) is 6.45. The van der Waals surface area contributed by atoms with Gasteiger partial charge in [0.2, 0.25) is 5.88 Å². The zero-order valence-electron chi connectivity index (χ0n) is 24.4. The third kappa shape index (κ3) is 5.25. The van der Waals surface area contributed by atoms with Crippen LogP contribution in [0.15, 0.2) is 12.3 Å². The van der Waals surface area contributed by atoms with Crippen LogP contribution < -0.4 is 14.8 Å². The Morgan fingerprint density at radius 3 is 2.77 bits per heavy atom. The van der Waals surface area contributed by atoms with Crippen molar-refractivity contribution in [3.05, 3.63) is 29.2 Å². The monoisotopic (exact) mass is 621 g/mol. The summed E-state index contributed by atoms with van der Waals surface area (Å²) in [5.41, 5.74) is -3.06. The third-order valence-corrected chi connectivity index (χ3v) is 8.18. The minimum Gasteiger partial charge on any atom is -0.474 e. The third-order valence-electron chi connectivity index (χ3n) is 8.18. The molecule has 4 aromatic rings. The number of rotatable bonds is 9. The van der Waals surface area contributed by atoms with Crippen LogP contribution in [0.4, 0.5) is 27.8 Å². The Labute approximate surface area is 249 Å². The summed E-state index contributed by atoms with van der Waals surface area (Å²) in [4.78, 5) is 15.1. The highest BCUT2D eigenvalue weighted by molar-refractivity contribution is 6.01. The van der Waals surface area contributed by atoms with Crippen molar-refractivity contribution in [2.24, 2.45) is 0 Å². The molecule has 10 nitrogen and oxygen atoms in total. The smallest absolute Gasteiger partial charge is 0.417 e. The fraction of sp³-hybridized carbons (Fsp3) is 0.517. The van der Waals surface area contributed by atoms with E-state index < -0.39 is 52.1 Å². The van der Waals surface area contributed by atoms with Crippen molar-refractivity contribution < 1.29 is 36.5 Å². The molecule has 0 spiro atoms. The number of nitrogens with zero attached hydrogens (tertiary/aromatic N) is 5. The molecule has 0 aliphatic carbocycles. The maximum absolute atomic E-state index is 16.7. The molecule has 2 atom stereocenters. The number of aliphatic hydroxyl groups excluding tert-OH is 1. The Morgan fingerprint density at radius 1 is 1.25 bits per heavy atom. The molecule has 2 aliphatic heterocycles. The van der Waals surface area contributed by atoms with Crippen LogP contribution in [0.2, 0.25) is 0 Å². The number of H-pyrrole nitrogens is 1. The number of aromatic nitrogens is 5. The van der Waals surface area contributed by atoms with Gasteiger partial charge in [0.25, 0.3) is 0 Å². The van der Waals surface area contributed by atoms with E-state index in [-0.39, 0.29) is 65.7 Å². The van der Waals surface area contributed by atoms with E-state index >= 15 is 4.39 Å². The minimum atomic E-state index is -4.86. The lowest BCUT2D eigenvalue weighted by Crippen LogP contribution is -2.43. The zero-order chi connectivity index (χ0) is 31.4. The van der Waals surface area contributed by atoms with Gasteiger partial charge in [0.1, 0.15) is 35.2 Å². The molecule has 3 aromatic heterocycles. The average Bonchev–Trinajstić information content (AvgIpc) is 3.64. The van der Waals surface area contributed by atoms with Gasteiger partial charge in [-0.15, -0.1) is 0 Å². The predicted molar refractivity (Wildman–Crippen MR) is 152 cm³/mol. The number of aromatic amines is 1. The Morgan fingerprint density at radius 2 is 2.05 bits per heavy atom. The van der Waals surface area contributed by atoms with Crippen molar-refractivity contribution in [3.63, 3.8) is 0 Å². The molecule has 2 fully saturated rings. The number of ether oxygens (including phenoxy) is 2. The highest BCUT2D eigenvalue weighted by atomic mass is 19.4. The summed E-state index contributed by atoms with van der Waals surface area (Å²) in [7, 11) is 0. The van der Waals surface area contributed by atoms with Gasteiger partial charge in [-0.3, -0.25) is 10.00 Å². The second-order valence-corrected chi connectivity index (χ2v) is 11.6. The van der Waals surface area contributed by atoms with E-state index in [0.717, 1.165) is 13.0 Å². The summed E-state index contributed by atoms with van der Waals surface area (Å²) in [5, 5.41) is 18.9. The Kier molecular flexibility index (Phi) is 7.72. The van der Waals surface area contributed by atoms with E-state index in [1.165, 1.54) is 19.2 Å². The first-order chi connectivity index (χ1) is 20.9. The Bertz CT molecular complexity index is 1710. The first-order valence-electron chi connectivity index (χ1n) is 14.4. The van der Waals surface area contributed by atoms with E-state index in [9.17, 15) is 22.7 Å². The molecule has 2 aliphatic rings. The number of hydrogen-bond donors (Lipinski definition) is 3. The summed E-state index contributed by atoms with van der Waals surface area (Å²) in [6, 6.07) is 1.03. The summed E-state index contributed by atoms with van der Waals surface area (Å²) >= 11 is 0. The molecule has 2 saturated heterocycles. The van der Waals surface area contributed by atoms with Gasteiger partial charge in [-0.25, -0.2) is 13.8 Å².